The van der Waals surface area contributed by atoms with Crippen molar-refractivity contribution in [1.29, 1.82) is 0 Å². The van der Waals surface area contributed by atoms with Gasteiger partial charge < -0.3 is 9.72 Å². The molecule has 4 heteroatoms. The number of anilines is 1. The molecule has 0 aliphatic carbocycles. The van der Waals surface area contributed by atoms with E-state index in [2.05, 4.69) is 38.9 Å². The molecule has 3 heterocycles. The summed E-state index contributed by atoms with van der Waals surface area (Å²) in [7, 11) is 0. The summed E-state index contributed by atoms with van der Waals surface area (Å²) in [5.41, 5.74) is 4.32. The minimum Gasteiger partial charge on any atom is -0.364 e. The minimum absolute atomic E-state index is 0.680. The molecule has 0 amide bonds. The molecule has 1 N–H and O–H groups in total. The lowest BCUT2D eigenvalue weighted by atomic mass is 10.3. The van der Waals surface area contributed by atoms with Crippen molar-refractivity contribution in [3.8, 4) is 0 Å². The maximum absolute atomic E-state index is 4.59. The highest BCUT2D eigenvalue weighted by molar-refractivity contribution is 5.45. The smallest absolute Gasteiger partial charge is 0.137 e. The van der Waals surface area contributed by atoms with Crippen LogP contribution in [0.4, 0.5) is 5.82 Å². The Balaban J connectivity index is 1.83. The summed E-state index contributed by atoms with van der Waals surface area (Å²) in [4.78, 5) is 8.91. The third-order valence-corrected chi connectivity index (χ3v) is 3.19. The van der Waals surface area contributed by atoms with Crippen molar-refractivity contribution in [2.24, 2.45) is 0 Å². The highest BCUT2D eigenvalue weighted by Crippen LogP contribution is 2.12. The van der Waals surface area contributed by atoms with Crippen molar-refractivity contribution >= 4 is 11.5 Å². The first kappa shape index (κ1) is 11.7. The molecule has 3 aromatic rings. The quantitative estimate of drug-likeness (QED) is 0.779. The lowest BCUT2D eigenvalue weighted by Crippen LogP contribution is -2.02. The van der Waals surface area contributed by atoms with E-state index in [0.29, 0.717) is 6.54 Å². The van der Waals surface area contributed by atoms with E-state index in [0.717, 1.165) is 22.7 Å². The van der Waals surface area contributed by atoms with Gasteiger partial charge in [-0.3, -0.25) is 0 Å². The van der Waals surface area contributed by atoms with E-state index in [-0.39, 0.29) is 0 Å². The van der Waals surface area contributed by atoms with Gasteiger partial charge in [0.15, 0.2) is 0 Å². The van der Waals surface area contributed by atoms with E-state index in [1.165, 1.54) is 5.69 Å². The molecule has 0 fully saturated rings. The maximum Gasteiger partial charge on any atom is 0.137 e. The van der Waals surface area contributed by atoms with Gasteiger partial charge in [0.25, 0.3) is 0 Å². The van der Waals surface area contributed by atoms with E-state index in [9.17, 15) is 0 Å². The van der Waals surface area contributed by atoms with Crippen molar-refractivity contribution < 1.29 is 0 Å². The molecule has 0 radical (unpaired) electrons. The summed E-state index contributed by atoms with van der Waals surface area (Å²) >= 11 is 0. The van der Waals surface area contributed by atoms with Crippen molar-refractivity contribution in [3.63, 3.8) is 0 Å². The fourth-order valence-electron chi connectivity index (χ4n) is 2.13. The fraction of sp³-hybridized carbons (Fsp3) is 0.200. The van der Waals surface area contributed by atoms with Crippen LogP contribution in [0.5, 0.6) is 0 Å². The lowest BCUT2D eigenvalue weighted by molar-refractivity contribution is 1.04. The fourth-order valence-corrected chi connectivity index (χ4v) is 2.13. The Labute approximate surface area is 112 Å². The molecule has 19 heavy (non-hydrogen) atoms. The zero-order valence-electron chi connectivity index (χ0n) is 11.1. The van der Waals surface area contributed by atoms with E-state index >= 15 is 0 Å². The second-order valence-electron chi connectivity index (χ2n) is 4.65. The van der Waals surface area contributed by atoms with Crippen molar-refractivity contribution in [3.05, 3.63) is 59.7 Å². The number of aryl methyl sites for hydroxylation is 2. The summed E-state index contributed by atoms with van der Waals surface area (Å²) in [5, 5.41) is 3.32. The van der Waals surface area contributed by atoms with Crippen LogP contribution in [0.15, 0.2) is 42.7 Å². The first-order valence-electron chi connectivity index (χ1n) is 6.33. The Kier molecular flexibility index (Phi) is 2.91. The zero-order chi connectivity index (χ0) is 13.2. The standard InChI is InChI=1S/C15H16N4/c1-11-5-4-8-16-15(11)17-9-13-10-19-12(2)6-3-7-14(19)18-13/h3-8,10H,9H2,1-2H3,(H,16,17). The van der Waals surface area contributed by atoms with Gasteiger partial charge >= 0.3 is 0 Å². The molecule has 0 spiro atoms. The molecular weight excluding hydrogens is 236 g/mol. The van der Waals surface area contributed by atoms with Crippen LogP contribution < -0.4 is 5.32 Å². The molecule has 0 aliphatic heterocycles. The van der Waals surface area contributed by atoms with Crippen LogP contribution >= 0.6 is 0 Å². The third kappa shape index (κ3) is 2.29. The number of pyridine rings is 2. The van der Waals surface area contributed by atoms with Crippen molar-refractivity contribution in [2.45, 2.75) is 20.4 Å². The van der Waals surface area contributed by atoms with Crippen LogP contribution in [0.1, 0.15) is 17.0 Å². The number of hydrogen-bond donors (Lipinski definition) is 1. The number of hydrogen-bond acceptors (Lipinski definition) is 3. The van der Waals surface area contributed by atoms with Gasteiger partial charge in [-0.15, -0.1) is 0 Å². The van der Waals surface area contributed by atoms with E-state index in [4.69, 9.17) is 0 Å². The second kappa shape index (κ2) is 4.72. The maximum atomic E-state index is 4.59. The monoisotopic (exact) mass is 252 g/mol. The van der Waals surface area contributed by atoms with Gasteiger partial charge in [0.05, 0.1) is 12.2 Å². The molecule has 96 valence electrons. The first-order chi connectivity index (χ1) is 9.24. The molecule has 0 unspecified atom stereocenters. The van der Waals surface area contributed by atoms with Crippen molar-refractivity contribution in [1.82, 2.24) is 14.4 Å². The Morgan fingerprint density at radius 2 is 2.05 bits per heavy atom. The predicted octanol–water partition coefficient (Wildman–Crippen LogP) is 2.96. The van der Waals surface area contributed by atoms with Crippen LogP contribution in [0, 0.1) is 13.8 Å². The third-order valence-electron chi connectivity index (χ3n) is 3.19. The topological polar surface area (TPSA) is 42.2 Å². The number of aromatic nitrogens is 3. The summed E-state index contributed by atoms with van der Waals surface area (Å²) in [6.07, 6.45) is 3.86. The minimum atomic E-state index is 0.680. The molecule has 4 nitrogen and oxygen atoms in total. The Morgan fingerprint density at radius 3 is 2.84 bits per heavy atom. The van der Waals surface area contributed by atoms with E-state index in [1.54, 1.807) is 6.20 Å². The second-order valence-corrected chi connectivity index (χ2v) is 4.65. The van der Waals surface area contributed by atoms with Crippen molar-refractivity contribution in [2.75, 3.05) is 5.32 Å². The average molecular weight is 252 g/mol. The number of rotatable bonds is 3. The van der Waals surface area contributed by atoms with Gasteiger partial charge in [-0.2, -0.15) is 0 Å². The average Bonchev–Trinajstić information content (AvgIpc) is 2.82. The largest absolute Gasteiger partial charge is 0.364 e. The predicted molar refractivity (Wildman–Crippen MR) is 76.2 cm³/mol. The molecule has 3 aromatic heterocycles. The molecule has 0 bridgehead atoms. The van der Waals surface area contributed by atoms with Gasteiger partial charge in [0, 0.05) is 18.1 Å². The molecule has 0 saturated heterocycles. The van der Waals surface area contributed by atoms with Crippen LogP contribution in [0.2, 0.25) is 0 Å². The van der Waals surface area contributed by atoms with E-state index in [1.807, 2.05) is 31.2 Å². The number of nitrogens with one attached hydrogen (secondary N) is 1. The molecule has 0 aromatic carbocycles. The van der Waals surface area contributed by atoms with Gasteiger partial charge in [-0.05, 0) is 37.6 Å². The summed E-state index contributed by atoms with van der Waals surface area (Å²) in [6.45, 7) is 4.80. The number of imidazole rings is 1. The molecule has 0 saturated carbocycles. The summed E-state index contributed by atoms with van der Waals surface area (Å²) in [5.74, 6) is 0.913. The van der Waals surface area contributed by atoms with Crippen LogP contribution in [-0.4, -0.2) is 14.4 Å². The lowest BCUT2D eigenvalue weighted by Gasteiger charge is -2.05. The summed E-state index contributed by atoms with van der Waals surface area (Å²) in [6, 6.07) is 10.1. The number of nitrogens with zero attached hydrogens (tertiary/aromatic N) is 3. The van der Waals surface area contributed by atoms with Gasteiger partial charge in [0.1, 0.15) is 11.5 Å². The van der Waals surface area contributed by atoms with Gasteiger partial charge in [-0.25, -0.2) is 9.97 Å². The molecule has 3 rings (SSSR count). The number of fused-ring (bicyclic) bond motifs is 1. The molecule has 0 aliphatic rings. The Hall–Kier alpha value is -2.36. The molecular formula is C15H16N4. The van der Waals surface area contributed by atoms with Gasteiger partial charge in [0.2, 0.25) is 0 Å². The molecule has 0 atom stereocenters. The van der Waals surface area contributed by atoms with Gasteiger partial charge in [-0.1, -0.05) is 12.1 Å². The van der Waals surface area contributed by atoms with Crippen LogP contribution in [-0.2, 0) is 6.54 Å². The van der Waals surface area contributed by atoms with Crippen LogP contribution in [0.25, 0.3) is 5.65 Å². The highest BCUT2D eigenvalue weighted by Gasteiger charge is 2.04. The highest BCUT2D eigenvalue weighted by atomic mass is 15.0. The summed E-state index contributed by atoms with van der Waals surface area (Å²) < 4.78 is 2.10. The first-order valence-corrected chi connectivity index (χ1v) is 6.33. The normalized spacial score (nSPS) is 10.8. The Morgan fingerprint density at radius 1 is 1.16 bits per heavy atom. The van der Waals surface area contributed by atoms with E-state index < -0.39 is 0 Å². The Bertz CT molecular complexity index is 715. The van der Waals surface area contributed by atoms with Crippen LogP contribution in [0.3, 0.4) is 0 Å². The zero-order valence-corrected chi connectivity index (χ0v) is 11.1. The SMILES string of the molecule is Cc1cccnc1NCc1cn2c(C)cccc2n1.